The van der Waals surface area contributed by atoms with Crippen LogP contribution < -0.4 is 10.9 Å². The van der Waals surface area contributed by atoms with Crippen LogP contribution in [0.2, 0.25) is 0 Å². The molecule has 0 radical (unpaired) electrons. The van der Waals surface area contributed by atoms with Gasteiger partial charge in [-0.1, -0.05) is 37.3 Å². The number of carbonyl (C=O) groups is 1. The Hall–Kier alpha value is -3.19. The molecule has 0 unspecified atom stereocenters. The van der Waals surface area contributed by atoms with Gasteiger partial charge in [-0.2, -0.15) is 0 Å². The largest absolute Gasteiger partial charge is 0.325 e. The summed E-state index contributed by atoms with van der Waals surface area (Å²) in [6.45, 7) is 5.01. The van der Waals surface area contributed by atoms with E-state index in [2.05, 4.69) is 5.32 Å². The smallest absolute Gasteiger partial charge is 0.270 e. The highest BCUT2D eigenvalue weighted by molar-refractivity contribution is 7.91. The van der Waals surface area contributed by atoms with E-state index in [-0.39, 0.29) is 16.3 Å². The van der Waals surface area contributed by atoms with Gasteiger partial charge in [-0.3, -0.25) is 9.59 Å². The van der Waals surface area contributed by atoms with E-state index in [1.165, 1.54) is 16.7 Å². The number of rotatable bonds is 6. The number of carbonyl (C=O) groups excluding carboxylic acids is 1. The molecule has 7 heteroatoms. The van der Waals surface area contributed by atoms with Crippen molar-refractivity contribution in [2.45, 2.75) is 43.5 Å². The predicted octanol–water partition coefficient (Wildman–Crippen LogP) is 3.50. The van der Waals surface area contributed by atoms with Gasteiger partial charge in [-0.05, 0) is 61.7 Å². The molecule has 0 aliphatic heterocycles. The molecule has 1 N–H and O–H groups in total. The molecular formula is C23H24N2O4S. The van der Waals surface area contributed by atoms with Gasteiger partial charge < -0.3 is 9.88 Å². The summed E-state index contributed by atoms with van der Waals surface area (Å²) in [7, 11) is -4.01. The van der Waals surface area contributed by atoms with E-state index in [4.69, 9.17) is 0 Å². The summed E-state index contributed by atoms with van der Waals surface area (Å²) in [5.74, 6) is -0.402. The molecule has 1 aromatic heterocycles. The third kappa shape index (κ3) is 4.36. The maximum atomic E-state index is 13.1. The zero-order valence-corrected chi connectivity index (χ0v) is 18.0. The van der Waals surface area contributed by atoms with E-state index in [1.807, 2.05) is 25.1 Å². The predicted molar refractivity (Wildman–Crippen MR) is 117 cm³/mol. The number of hydrogen-bond acceptors (Lipinski definition) is 4. The van der Waals surface area contributed by atoms with E-state index in [0.29, 0.717) is 16.9 Å². The van der Waals surface area contributed by atoms with Gasteiger partial charge in [0.15, 0.2) is 0 Å². The van der Waals surface area contributed by atoms with Gasteiger partial charge in [0.25, 0.3) is 5.56 Å². The monoisotopic (exact) mass is 424 g/mol. The molecule has 0 bridgehead atoms. The van der Waals surface area contributed by atoms with Crippen molar-refractivity contribution in [1.82, 2.24) is 4.57 Å². The first-order chi connectivity index (χ1) is 14.2. The Labute approximate surface area is 176 Å². The fourth-order valence-electron chi connectivity index (χ4n) is 3.36. The maximum Gasteiger partial charge on any atom is 0.270 e. The van der Waals surface area contributed by atoms with Crippen LogP contribution in [0.15, 0.2) is 75.2 Å². The Morgan fingerprint density at radius 1 is 1.00 bits per heavy atom. The number of benzene rings is 2. The normalized spacial score (nSPS) is 11.3. The number of amides is 1. The third-order valence-corrected chi connectivity index (χ3v) is 6.82. The lowest BCUT2D eigenvalue weighted by atomic mass is 10.1. The minimum absolute atomic E-state index is 0.0430. The van der Waals surface area contributed by atoms with Crippen LogP contribution in [-0.4, -0.2) is 18.9 Å². The lowest BCUT2D eigenvalue weighted by Gasteiger charge is -2.15. The summed E-state index contributed by atoms with van der Waals surface area (Å²) < 4.78 is 27.3. The molecule has 2 aromatic carbocycles. The molecule has 0 saturated heterocycles. The molecule has 3 aromatic rings. The number of nitrogens with one attached hydrogen (secondary N) is 1. The lowest BCUT2D eigenvalue weighted by Crippen LogP contribution is -2.33. The second kappa shape index (κ2) is 8.67. The van der Waals surface area contributed by atoms with E-state index < -0.39 is 21.3 Å². The minimum Gasteiger partial charge on any atom is -0.325 e. The first-order valence-corrected chi connectivity index (χ1v) is 11.1. The van der Waals surface area contributed by atoms with Crippen molar-refractivity contribution >= 4 is 21.4 Å². The number of hydrogen-bond donors (Lipinski definition) is 1. The van der Waals surface area contributed by atoms with Crippen molar-refractivity contribution in [3.8, 4) is 0 Å². The molecule has 0 fully saturated rings. The van der Waals surface area contributed by atoms with Gasteiger partial charge in [0.2, 0.25) is 15.7 Å². The molecule has 3 rings (SSSR count). The van der Waals surface area contributed by atoms with Gasteiger partial charge in [0, 0.05) is 11.4 Å². The zero-order valence-electron chi connectivity index (χ0n) is 17.2. The van der Waals surface area contributed by atoms with Gasteiger partial charge in [0.05, 0.1) is 4.90 Å². The van der Waals surface area contributed by atoms with Crippen molar-refractivity contribution in [2.24, 2.45) is 0 Å². The summed E-state index contributed by atoms with van der Waals surface area (Å²) in [4.78, 5) is 25.4. The van der Waals surface area contributed by atoms with Crippen molar-refractivity contribution in [3.05, 3.63) is 87.8 Å². The average Bonchev–Trinajstić information content (AvgIpc) is 2.71. The van der Waals surface area contributed by atoms with Crippen LogP contribution in [0.1, 0.15) is 23.7 Å². The summed E-state index contributed by atoms with van der Waals surface area (Å²) in [5, 5.41) is 2.78. The van der Waals surface area contributed by atoms with Crippen LogP contribution in [0.25, 0.3) is 0 Å². The highest BCUT2D eigenvalue weighted by Crippen LogP contribution is 2.21. The Morgan fingerprint density at radius 2 is 1.70 bits per heavy atom. The van der Waals surface area contributed by atoms with E-state index >= 15 is 0 Å². The van der Waals surface area contributed by atoms with Crippen molar-refractivity contribution in [2.75, 3.05) is 5.32 Å². The molecule has 0 spiro atoms. The second-order valence-electron chi connectivity index (χ2n) is 7.11. The second-order valence-corrected chi connectivity index (χ2v) is 8.99. The SMILES string of the molecule is CCc1cccc(NC(=O)Cn2c(C)cc(C)c(S(=O)(=O)c3ccccc3)c2=O)c1. The number of pyridine rings is 1. The summed E-state index contributed by atoms with van der Waals surface area (Å²) >= 11 is 0. The molecule has 0 aliphatic rings. The Balaban J connectivity index is 1.97. The van der Waals surface area contributed by atoms with Crippen LogP contribution in [0.3, 0.4) is 0 Å². The van der Waals surface area contributed by atoms with Crippen molar-refractivity contribution in [1.29, 1.82) is 0 Å². The molecule has 0 aliphatic carbocycles. The topological polar surface area (TPSA) is 85.2 Å². The maximum absolute atomic E-state index is 13.1. The number of aryl methyl sites for hydroxylation is 3. The van der Waals surface area contributed by atoms with Crippen LogP contribution >= 0.6 is 0 Å². The summed E-state index contributed by atoms with van der Waals surface area (Å²) in [6.07, 6.45) is 0.834. The summed E-state index contributed by atoms with van der Waals surface area (Å²) in [5.41, 5.74) is 1.88. The third-order valence-electron chi connectivity index (χ3n) is 4.89. The highest BCUT2D eigenvalue weighted by atomic mass is 32.2. The lowest BCUT2D eigenvalue weighted by molar-refractivity contribution is -0.116. The minimum atomic E-state index is -4.01. The molecule has 30 heavy (non-hydrogen) atoms. The zero-order chi connectivity index (χ0) is 21.9. The van der Waals surface area contributed by atoms with Gasteiger partial charge in [-0.25, -0.2) is 8.42 Å². The van der Waals surface area contributed by atoms with Crippen molar-refractivity contribution in [3.63, 3.8) is 0 Å². The van der Waals surface area contributed by atoms with Gasteiger partial charge >= 0.3 is 0 Å². The van der Waals surface area contributed by atoms with Crippen LogP contribution in [0.5, 0.6) is 0 Å². The van der Waals surface area contributed by atoms with Crippen molar-refractivity contribution < 1.29 is 13.2 Å². The van der Waals surface area contributed by atoms with Crippen LogP contribution in [-0.2, 0) is 27.6 Å². The first kappa shape index (κ1) is 21.5. The summed E-state index contributed by atoms with van der Waals surface area (Å²) in [6, 6.07) is 16.9. The highest BCUT2D eigenvalue weighted by Gasteiger charge is 2.26. The average molecular weight is 425 g/mol. The van der Waals surface area contributed by atoms with E-state index in [0.717, 1.165) is 12.0 Å². The van der Waals surface area contributed by atoms with Gasteiger partial charge in [-0.15, -0.1) is 0 Å². The number of anilines is 1. The molecule has 0 saturated carbocycles. The molecular weight excluding hydrogens is 400 g/mol. The Kier molecular flexibility index (Phi) is 6.22. The van der Waals surface area contributed by atoms with E-state index in [9.17, 15) is 18.0 Å². The molecule has 6 nitrogen and oxygen atoms in total. The van der Waals surface area contributed by atoms with Crippen LogP contribution in [0.4, 0.5) is 5.69 Å². The number of aromatic nitrogens is 1. The first-order valence-electron chi connectivity index (χ1n) is 9.64. The Bertz CT molecular complexity index is 1250. The molecule has 0 atom stereocenters. The quantitative estimate of drug-likeness (QED) is 0.656. The fraction of sp³-hybridized carbons (Fsp3) is 0.217. The standard InChI is InChI=1S/C23H24N2O4S/c1-4-18-9-8-10-19(14-18)24-21(26)15-25-17(3)13-16(2)22(23(25)27)30(28,29)20-11-6-5-7-12-20/h5-14H,4,15H2,1-3H3,(H,24,26). The number of sulfone groups is 1. The Morgan fingerprint density at radius 3 is 2.37 bits per heavy atom. The number of nitrogens with zero attached hydrogens (tertiary/aromatic N) is 1. The van der Waals surface area contributed by atoms with E-state index in [1.54, 1.807) is 44.2 Å². The molecule has 1 heterocycles. The molecule has 1 amide bonds. The van der Waals surface area contributed by atoms with Crippen LogP contribution in [0, 0.1) is 13.8 Å². The van der Waals surface area contributed by atoms with Gasteiger partial charge in [0.1, 0.15) is 11.4 Å². The molecule has 156 valence electrons. The fourth-order valence-corrected chi connectivity index (χ4v) is 4.94.